The van der Waals surface area contributed by atoms with Crippen LogP contribution in [0.1, 0.15) is 16.8 Å². The number of benzene rings is 1. The van der Waals surface area contributed by atoms with E-state index < -0.39 is 11.8 Å². The van der Waals surface area contributed by atoms with Gasteiger partial charge in [-0.25, -0.2) is 9.18 Å². The van der Waals surface area contributed by atoms with E-state index in [9.17, 15) is 9.18 Å². The minimum atomic E-state index is -1.05. The van der Waals surface area contributed by atoms with Gasteiger partial charge in [0.25, 0.3) is 0 Å². The molecule has 0 amide bonds. The molecule has 1 aliphatic rings. The lowest BCUT2D eigenvalue weighted by atomic mass is 10.2. The number of carboxylic acid groups (broad SMARTS) is 1. The van der Waals surface area contributed by atoms with E-state index in [4.69, 9.17) is 9.84 Å². The first kappa shape index (κ1) is 14.7. The second kappa shape index (κ2) is 7.21. The number of nitrogens with one attached hydrogen (secondary N) is 1. The molecule has 0 atom stereocenters. The number of hydrogen-bond acceptors (Lipinski definition) is 4. The van der Waals surface area contributed by atoms with Gasteiger partial charge in [0, 0.05) is 19.6 Å². The zero-order valence-corrected chi connectivity index (χ0v) is 11.3. The summed E-state index contributed by atoms with van der Waals surface area (Å²) in [5.74, 6) is -1.48. The fraction of sp³-hybridized carbons (Fsp3) is 0.500. The number of carboxylic acids is 1. The van der Waals surface area contributed by atoms with Gasteiger partial charge in [-0.1, -0.05) is 0 Å². The van der Waals surface area contributed by atoms with Crippen molar-refractivity contribution in [2.45, 2.75) is 6.42 Å². The molecule has 0 radical (unpaired) electrons. The fourth-order valence-corrected chi connectivity index (χ4v) is 2.14. The van der Waals surface area contributed by atoms with Crippen molar-refractivity contribution in [1.29, 1.82) is 0 Å². The van der Waals surface area contributed by atoms with Crippen molar-refractivity contribution in [3.05, 3.63) is 29.6 Å². The van der Waals surface area contributed by atoms with Crippen molar-refractivity contribution in [2.24, 2.45) is 0 Å². The molecule has 0 saturated carbocycles. The Kier molecular flexibility index (Phi) is 5.31. The lowest BCUT2D eigenvalue weighted by Crippen LogP contribution is -2.37. The molecule has 5 nitrogen and oxygen atoms in total. The van der Waals surface area contributed by atoms with E-state index in [1.54, 1.807) is 0 Å². The molecule has 0 bridgehead atoms. The van der Waals surface area contributed by atoms with Crippen LogP contribution in [0.5, 0.6) is 0 Å². The molecule has 1 fully saturated rings. The highest BCUT2D eigenvalue weighted by atomic mass is 19.1. The maximum absolute atomic E-state index is 13.5. The lowest BCUT2D eigenvalue weighted by molar-refractivity contribution is 0.0378. The molecule has 2 rings (SSSR count). The van der Waals surface area contributed by atoms with E-state index >= 15 is 0 Å². The Balaban J connectivity index is 1.78. The van der Waals surface area contributed by atoms with E-state index in [2.05, 4.69) is 10.2 Å². The molecule has 20 heavy (non-hydrogen) atoms. The minimum Gasteiger partial charge on any atom is -0.478 e. The Bertz CT molecular complexity index is 462. The van der Waals surface area contributed by atoms with Gasteiger partial charge in [-0.3, -0.25) is 4.90 Å². The third-order valence-corrected chi connectivity index (χ3v) is 3.28. The molecule has 110 valence electrons. The normalized spacial score (nSPS) is 16.1. The molecule has 2 N–H and O–H groups in total. The minimum absolute atomic E-state index is 0.0853. The predicted molar refractivity (Wildman–Crippen MR) is 73.7 cm³/mol. The van der Waals surface area contributed by atoms with Crippen LogP contribution >= 0.6 is 0 Å². The molecule has 0 aromatic heterocycles. The number of morpholine rings is 1. The Morgan fingerprint density at radius 1 is 1.40 bits per heavy atom. The maximum atomic E-state index is 13.5. The van der Waals surface area contributed by atoms with Crippen LogP contribution in [0.15, 0.2) is 18.2 Å². The summed E-state index contributed by atoms with van der Waals surface area (Å²) in [6.45, 7) is 4.94. The molecule has 1 heterocycles. The van der Waals surface area contributed by atoms with Crippen LogP contribution in [0.25, 0.3) is 0 Å². The molecule has 6 heteroatoms. The van der Waals surface area contributed by atoms with Crippen molar-refractivity contribution < 1.29 is 19.0 Å². The molecule has 1 saturated heterocycles. The number of hydrogen-bond donors (Lipinski definition) is 2. The molecule has 0 unspecified atom stereocenters. The first-order chi connectivity index (χ1) is 9.66. The summed E-state index contributed by atoms with van der Waals surface area (Å²) in [5.41, 5.74) is 0.328. The van der Waals surface area contributed by atoms with Crippen molar-refractivity contribution in [1.82, 2.24) is 4.90 Å². The highest BCUT2D eigenvalue weighted by Gasteiger charge is 2.10. The van der Waals surface area contributed by atoms with Gasteiger partial charge in [0.05, 0.1) is 24.5 Å². The smallest absolute Gasteiger partial charge is 0.335 e. The van der Waals surface area contributed by atoms with Gasteiger partial charge >= 0.3 is 5.97 Å². The van der Waals surface area contributed by atoms with Gasteiger partial charge < -0.3 is 15.2 Å². The predicted octanol–water partition coefficient (Wildman–Crippen LogP) is 1.66. The number of anilines is 1. The van der Waals surface area contributed by atoms with E-state index in [1.165, 1.54) is 18.2 Å². The number of rotatable bonds is 6. The molecule has 0 aliphatic carbocycles. The van der Waals surface area contributed by atoms with Crippen LogP contribution in [0.4, 0.5) is 10.1 Å². The van der Waals surface area contributed by atoms with Gasteiger partial charge in [-0.15, -0.1) is 0 Å². The quantitative estimate of drug-likeness (QED) is 0.777. The maximum Gasteiger partial charge on any atom is 0.335 e. The third-order valence-electron chi connectivity index (χ3n) is 3.28. The van der Waals surface area contributed by atoms with Crippen LogP contribution in [-0.2, 0) is 4.74 Å². The molecule has 1 aromatic carbocycles. The van der Waals surface area contributed by atoms with Crippen LogP contribution < -0.4 is 5.32 Å². The van der Waals surface area contributed by atoms with Gasteiger partial charge in [0.2, 0.25) is 0 Å². The number of nitrogens with zero attached hydrogens (tertiary/aromatic N) is 1. The van der Waals surface area contributed by atoms with Gasteiger partial charge in [-0.2, -0.15) is 0 Å². The average Bonchev–Trinajstić information content (AvgIpc) is 2.46. The summed E-state index contributed by atoms with van der Waals surface area (Å²) in [6, 6.07) is 3.76. The summed E-state index contributed by atoms with van der Waals surface area (Å²) >= 11 is 0. The van der Waals surface area contributed by atoms with Crippen LogP contribution in [0.3, 0.4) is 0 Å². The number of carbonyl (C=O) groups is 1. The van der Waals surface area contributed by atoms with Crippen molar-refractivity contribution in [2.75, 3.05) is 44.7 Å². The fourth-order valence-electron chi connectivity index (χ4n) is 2.14. The average molecular weight is 282 g/mol. The first-order valence-corrected chi connectivity index (χ1v) is 6.73. The topological polar surface area (TPSA) is 61.8 Å². The van der Waals surface area contributed by atoms with E-state index in [0.717, 1.165) is 39.3 Å². The first-order valence-electron chi connectivity index (χ1n) is 6.73. The standard InChI is InChI=1S/C14H19FN2O3/c15-12-3-2-11(14(18)19)10-13(12)16-4-1-5-17-6-8-20-9-7-17/h2-3,10,16H,1,4-9H2,(H,18,19). The Morgan fingerprint density at radius 3 is 2.85 bits per heavy atom. The highest BCUT2D eigenvalue weighted by molar-refractivity contribution is 5.88. The summed E-state index contributed by atoms with van der Waals surface area (Å²) in [7, 11) is 0. The van der Waals surface area contributed by atoms with Crippen molar-refractivity contribution in [3.63, 3.8) is 0 Å². The second-order valence-electron chi connectivity index (χ2n) is 4.73. The van der Waals surface area contributed by atoms with E-state index in [0.29, 0.717) is 6.54 Å². The van der Waals surface area contributed by atoms with Crippen LogP contribution in [0.2, 0.25) is 0 Å². The van der Waals surface area contributed by atoms with E-state index in [1.807, 2.05) is 0 Å². The number of halogens is 1. The highest BCUT2D eigenvalue weighted by Crippen LogP contribution is 2.16. The second-order valence-corrected chi connectivity index (χ2v) is 4.73. The Labute approximate surface area is 117 Å². The van der Waals surface area contributed by atoms with E-state index in [-0.39, 0.29) is 11.3 Å². The molecule has 1 aliphatic heterocycles. The molecular formula is C14H19FN2O3. The Morgan fingerprint density at radius 2 is 2.15 bits per heavy atom. The summed E-state index contributed by atoms with van der Waals surface area (Å²) in [5, 5.41) is 11.8. The summed E-state index contributed by atoms with van der Waals surface area (Å²) in [6.07, 6.45) is 0.872. The summed E-state index contributed by atoms with van der Waals surface area (Å²) in [4.78, 5) is 13.1. The van der Waals surface area contributed by atoms with Gasteiger partial charge in [0.1, 0.15) is 5.82 Å². The molecule has 1 aromatic rings. The molecule has 0 spiro atoms. The van der Waals surface area contributed by atoms with Crippen LogP contribution in [0, 0.1) is 5.82 Å². The van der Waals surface area contributed by atoms with Gasteiger partial charge in [0.15, 0.2) is 0 Å². The van der Waals surface area contributed by atoms with Crippen molar-refractivity contribution in [3.8, 4) is 0 Å². The van der Waals surface area contributed by atoms with Gasteiger partial charge in [-0.05, 0) is 31.2 Å². The third kappa shape index (κ3) is 4.18. The SMILES string of the molecule is O=C(O)c1ccc(F)c(NCCCN2CCOCC2)c1. The molecular weight excluding hydrogens is 263 g/mol. The van der Waals surface area contributed by atoms with Crippen molar-refractivity contribution >= 4 is 11.7 Å². The summed E-state index contributed by atoms with van der Waals surface area (Å²) < 4.78 is 18.8. The van der Waals surface area contributed by atoms with Crippen LogP contribution in [-0.4, -0.2) is 55.4 Å². The monoisotopic (exact) mass is 282 g/mol. The Hall–Kier alpha value is -1.66. The largest absolute Gasteiger partial charge is 0.478 e. The zero-order chi connectivity index (χ0) is 14.4. The number of aromatic carboxylic acids is 1. The number of ether oxygens (including phenoxy) is 1. The lowest BCUT2D eigenvalue weighted by Gasteiger charge is -2.26. The zero-order valence-electron chi connectivity index (χ0n) is 11.3.